The summed E-state index contributed by atoms with van der Waals surface area (Å²) in [5.41, 5.74) is 3.92. The van der Waals surface area contributed by atoms with Gasteiger partial charge in [-0.3, -0.25) is 0 Å². The highest BCUT2D eigenvalue weighted by atomic mass is 32.2. The van der Waals surface area contributed by atoms with E-state index in [4.69, 9.17) is 12.2 Å². The van der Waals surface area contributed by atoms with Crippen LogP contribution in [0.1, 0.15) is 30.5 Å². The molecule has 26 heavy (non-hydrogen) atoms. The van der Waals surface area contributed by atoms with Gasteiger partial charge in [-0.2, -0.15) is 0 Å². The maximum atomic E-state index is 12.6. The molecule has 1 aliphatic heterocycles. The van der Waals surface area contributed by atoms with Crippen molar-refractivity contribution in [3.8, 4) is 0 Å². The van der Waals surface area contributed by atoms with E-state index in [1.165, 1.54) is 0 Å². The lowest BCUT2D eigenvalue weighted by atomic mass is 10.1. The molecule has 4 rings (SSSR count). The summed E-state index contributed by atoms with van der Waals surface area (Å²) in [5.74, 6) is 0. The zero-order valence-corrected chi connectivity index (χ0v) is 15.9. The van der Waals surface area contributed by atoms with E-state index >= 15 is 0 Å². The number of aromatic nitrogens is 3. The van der Waals surface area contributed by atoms with Crippen LogP contribution in [0.2, 0.25) is 0 Å². The van der Waals surface area contributed by atoms with Crippen molar-refractivity contribution in [1.82, 2.24) is 19.3 Å². The predicted octanol–water partition coefficient (Wildman–Crippen LogP) is 3.30. The van der Waals surface area contributed by atoms with Crippen molar-refractivity contribution < 1.29 is 8.42 Å². The smallest absolute Gasteiger partial charge is 0.240 e. The molecular weight excluding hydrogens is 368 g/mol. The summed E-state index contributed by atoms with van der Waals surface area (Å²) in [6.07, 6.45) is 5.85. The molecule has 2 N–H and O–H groups in total. The zero-order valence-electron chi connectivity index (χ0n) is 14.2. The number of hydrogen-bond donors (Lipinski definition) is 2. The van der Waals surface area contributed by atoms with Crippen molar-refractivity contribution in [3.05, 3.63) is 52.6 Å². The van der Waals surface area contributed by atoms with Crippen LogP contribution in [0, 0.1) is 4.64 Å². The molecule has 0 amide bonds. The number of aryl methyl sites for hydroxylation is 1. The Labute approximate surface area is 157 Å². The number of H-pyrrole nitrogens is 1. The summed E-state index contributed by atoms with van der Waals surface area (Å²) in [7, 11) is -3.57. The van der Waals surface area contributed by atoms with E-state index in [1.54, 1.807) is 36.7 Å². The largest absolute Gasteiger partial charge is 0.344 e. The second-order valence-corrected chi connectivity index (χ2v) is 8.61. The fourth-order valence-electron chi connectivity index (χ4n) is 3.63. The first-order valence-electron chi connectivity index (χ1n) is 8.70. The minimum atomic E-state index is -3.57. The Hall–Kier alpha value is -2.03. The Morgan fingerprint density at radius 1 is 1.19 bits per heavy atom. The van der Waals surface area contributed by atoms with Crippen molar-refractivity contribution in [2.45, 2.75) is 43.7 Å². The normalized spacial score (nSPS) is 14.9. The van der Waals surface area contributed by atoms with Crippen LogP contribution in [-0.4, -0.2) is 23.0 Å². The number of benzene rings is 1. The predicted molar refractivity (Wildman–Crippen MR) is 103 cm³/mol. The van der Waals surface area contributed by atoms with Gasteiger partial charge in [0.2, 0.25) is 10.0 Å². The molecule has 1 aromatic carbocycles. The minimum Gasteiger partial charge on any atom is -0.344 e. The molecule has 8 heteroatoms. The van der Waals surface area contributed by atoms with Crippen LogP contribution in [0.25, 0.3) is 11.0 Å². The Balaban J connectivity index is 1.76. The second-order valence-electron chi connectivity index (χ2n) is 6.46. The lowest BCUT2D eigenvalue weighted by Gasteiger charge is -2.09. The van der Waals surface area contributed by atoms with Gasteiger partial charge >= 0.3 is 0 Å². The van der Waals surface area contributed by atoms with Crippen LogP contribution < -0.4 is 4.72 Å². The van der Waals surface area contributed by atoms with Gasteiger partial charge in [0.1, 0.15) is 5.52 Å². The highest BCUT2D eigenvalue weighted by Crippen LogP contribution is 2.29. The lowest BCUT2D eigenvalue weighted by molar-refractivity contribution is 0.581. The number of nitrogens with zero attached hydrogens (tertiary/aromatic N) is 2. The molecule has 3 aromatic rings. The number of rotatable bonds is 4. The monoisotopic (exact) mass is 388 g/mol. The topological polar surface area (TPSA) is 79.8 Å². The molecule has 0 saturated carbocycles. The fraction of sp³-hybridized carbons (Fsp3) is 0.333. The summed E-state index contributed by atoms with van der Waals surface area (Å²) in [4.78, 5) is 7.66. The molecule has 0 radical (unpaired) electrons. The zero-order chi connectivity index (χ0) is 18.1. The minimum absolute atomic E-state index is 0.228. The van der Waals surface area contributed by atoms with Crippen molar-refractivity contribution in [1.29, 1.82) is 0 Å². The Morgan fingerprint density at radius 2 is 2.00 bits per heavy atom. The fourth-order valence-corrected chi connectivity index (χ4v) is 4.91. The van der Waals surface area contributed by atoms with E-state index in [0.717, 1.165) is 54.5 Å². The molecule has 6 nitrogen and oxygen atoms in total. The van der Waals surface area contributed by atoms with Crippen LogP contribution in [0.5, 0.6) is 0 Å². The van der Waals surface area contributed by atoms with Crippen molar-refractivity contribution >= 4 is 33.3 Å². The van der Waals surface area contributed by atoms with Gasteiger partial charge in [0.25, 0.3) is 0 Å². The Bertz CT molecular complexity index is 1100. The number of sulfonamides is 1. The number of nitrogens with one attached hydrogen (secondary N) is 2. The molecule has 3 heterocycles. The van der Waals surface area contributed by atoms with E-state index in [-0.39, 0.29) is 11.4 Å². The summed E-state index contributed by atoms with van der Waals surface area (Å²) < 4.78 is 30.7. The standard InChI is InChI=1S/C18H20N4O2S2/c23-26(24,13-7-3-1-4-8-13)21-11-14-15-9-5-2-6-10-22(15)17-16(14)19-12-20-18(17)25/h1,3-4,7-8,12,21H,2,5-6,9-11H2,(H,19,20,25). The summed E-state index contributed by atoms with van der Waals surface area (Å²) in [6, 6.07) is 8.43. The maximum absolute atomic E-state index is 12.6. The van der Waals surface area contributed by atoms with Gasteiger partial charge in [-0.15, -0.1) is 0 Å². The lowest BCUT2D eigenvalue weighted by Crippen LogP contribution is -2.23. The quantitative estimate of drug-likeness (QED) is 0.672. The third-order valence-electron chi connectivity index (χ3n) is 4.86. The van der Waals surface area contributed by atoms with Crippen molar-refractivity contribution in [2.24, 2.45) is 0 Å². The highest BCUT2D eigenvalue weighted by molar-refractivity contribution is 7.89. The molecule has 0 unspecified atom stereocenters. The first-order valence-corrected chi connectivity index (χ1v) is 10.6. The first-order chi connectivity index (χ1) is 12.6. The van der Waals surface area contributed by atoms with Crippen molar-refractivity contribution in [3.63, 3.8) is 0 Å². The van der Waals surface area contributed by atoms with E-state index < -0.39 is 10.0 Å². The van der Waals surface area contributed by atoms with E-state index in [0.29, 0.717) is 4.64 Å². The van der Waals surface area contributed by atoms with E-state index in [9.17, 15) is 8.42 Å². The van der Waals surface area contributed by atoms with Crippen LogP contribution in [0.15, 0.2) is 41.6 Å². The molecule has 1 aliphatic rings. The van der Waals surface area contributed by atoms with Gasteiger partial charge in [-0.1, -0.05) is 36.8 Å². The van der Waals surface area contributed by atoms with Gasteiger partial charge in [0.15, 0.2) is 4.64 Å². The molecule has 0 atom stereocenters. The molecule has 2 aromatic heterocycles. The third-order valence-corrected chi connectivity index (χ3v) is 6.58. The SMILES string of the molecule is O=S(=O)(NCc1c2n(c3c(=S)nc[nH]c13)CCCCC2)c1ccccc1. The van der Waals surface area contributed by atoms with Gasteiger partial charge in [0.05, 0.1) is 16.7 Å². The summed E-state index contributed by atoms with van der Waals surface area (Å²) in [6.45, 7) is 1.12. The van der Waals surface area contributed by atoms with Crippen LogP contribution >= 0.6 is 12.2 Å². The third kappa shape index (κ3) is 3.08. The molecule has 0 bridgehead atoms. The molecule has 136 valence electrons. The second kappa shape index (κ2) is 6.94. The molecule has 0 saturated heterocycles. The van der Waals surface area contributed by atoms with Gasteiger partial charge in [-0.05, 0) is 31.4 Å². The summed E-state index contributed by atoms with van der Waals surface area (Å²) >= 11 is 5.44. The number of fused-ring (bicyclic) bond motifs is 3. The maximum Gasteiger partial charge on any atom is 0.240 e. The molecule has 0 spiro atoms. The molecule has 0 fully saturated rings. The van der Waals surface area contributed by atoms with Gasteiger partial charge in [-0.25, -0.2) is 18.1 Å². The highest BCUT2D eigenvalue weighted by Gasteiger charge is 2.22. The van der Waals surface area contributed by atoms with Crippen LogP contribution in [-0.2, 0) is 29.5 Å². The summed E-state index contributed by atoms with van der Waals surface area (Å²) in [5, 5.41) is 0. The van der Waals surface area contributed by atoms with Crippen LogP contribution in [0.3, 0.4) is 0 Å². The molecular formula is C18H20N4O2S2. The average molecular weight is 389 g/mol. The van der Waals surface area contributed by atoms with Crippen molar-refractivity contribution in [2.75, 3.05) is 0 Å². The van der Waals surface area contributed by atoms with Gasteiger partial charge < -0.3 is 9.55 Å². The number of hydrogen-bond acceptors (Lipinski definition) is 4. The van der Waals surface area contributed by atoms with E-state index in [2.05, 4.69) is 19.3 Å². The molecule has 0 aliphatic carbocycles. The van der Waals surface area contributed by atoms with E-state index in [1.807, 2.05) is 0 Å². The number of aromatic amines is 1. The Morgan fingerprint density at radius 3 is 2.81 bits per heavy atom. The average Bonchev–Trinajstić information content (AvgIpc) is 2.79. The first kappa shape index (κ1) is 17.4. The Kier molecular flexibility index (Phi) is 4.64. The van der Waals surface area contributed by atoms with Gasteiger partial charge in [0, 0.05) is 24.3 Å². The van der Waals surface area contributed by atoms with Crippen LogP contribution in [0.4, 0.5) is 0 Å².